The molecule has 128 valence electrons. The number of para-hydroxylation sites is 1. The van der Waals surface area contributed by atoms with E-state index < -0.39 is 26.6 Å². The average molecular weight is 350 g/mol. The molecule has 0 atom stereocenters. The summed E-state index contributed by atoms with van der Waals surface area (Å²) >= 11 is 0. The van der Waals surface area contributed by atoms with Gasteiger partial charge < -0.3 is 5.32 Å². The molecule has 0 spiro atoms. The molecule has 0 unspecified atom stereocenters. The smallest absolute Gasteiger partial charge is 0.255 e. The number of rotatable bonds is 6. The number of carbonyl (C=O) groups excluding carboxylic acids is 1. The molecule has 2 rings (SSSR count). The van der Waals surface area contributed by atoms with Gasteiger partial charge >= 0.3 is 0 Å². The van der Waals surface area contributed by atoms with E-state index >= 15 is 0 Å². The second-order valence-corrected chi connectivity index (χ2v) is 6.96. The molecule has 24 heavy (non-hydrogen) atoms. The average Bonchev–Trinajstić information content (AvgIpc) is 2.56. The van der Waals surface area contributed by atoms with E-state index in [-0.39, 0.29) is 18.7 Å². The van der Waals surface area contributed by atoms with Gasteiger partial charge in [0.05, 0.1) is 0 Å². The second kappa shape index (κ2) is 7.55. The van der Waals surface area contributed by atoms with Crippen molar-refractivity contribution in [3.05, 3.63) is 59.9 Å². The number of sulfonamides is 1. The molecule has 0 fully saturated rings. The molecule has 0 heterocycles. The molecule has 0 aliphatic rings. The monoisotopic (exact) mass is 350 g/mol. The Morgan fingerprint density at radius 3 is 2.29 bits per heavy atom. The fourth-order valence-corrected chi connectivity index (χ4v) is 3.82. The highest BCUT2D eigenvalue weighted by molar-refractivity contribution is 7.89. The van der Waals surface area contributed by atoms with Crippen LogP contribution in [0.2, 0.25) is 0 Å². The first-order valence-electron chi connectivity index (χ1n) is 7.56. The maximum absolute atomic E-state index is 14.1. The normalized spacial score (nSPS) is 11.5. The molecule has 2 aromatic carbocycles. The van der Waals surface area contributed by atoms with Crippen LogP contribution in [0, 0.1) is 5.82 Å². The van der Waals surface area contributed by atoms with Gasteiger partial charge in [-0.25, -0.2) is 12.8 Å². The quantitative estimate of drug-likeness (QED) is 0.870. The summed E-state index contributed by atoms with van der Waals surface area (Å²) in [5.41, 5.74) is 0.644. The molecule has 0 saturated heterocycles. The lowest BCUT2D eigenvalue weighted by Gasteiger charge is -2.19. The topological polar surface area (TPSA) is 66.5 Å². The number of hydrogen-bond donors (Lipinski definition) is 1. The third-order valence-electron chi connectivity index (χ3n) is 3.55. The molecule has 0 saturated carbocycles. The number of hydrogen-bond acceptors (Lipinski definition) is 3. The lowest BCUT2D eigenvalue weighted by Crippen LogP contribution is -2.31. The molecule has 0 radical (unpaired) electrons. The summed E-state index contributed by atoms with van der Waals surface area (Å²) in [6.07, 6.45) is 0. The van der Waals surface area contributed by atoms with Crippen molar-refractivity contribution in [3.8, 4) is 0 Å². The summed E-state index contributed by atoms with van der Waals surface area (Å²) in [5, 5.41) is 2.64. The Kier molecular flexibility index (Phi) is 5.69. The van der Waals surface area contributed by atoms with Crippen LogP contribution in [-0.4, -0.2) is 31.7 Å². The molecule has 0 aliphatic heterocycles. The highest BCUT2D eigenvalue weighted by atomic mass is 32.2. The largest absolute Gasteiger partial charge is 0.322 e. The fraction of sp³-hybridized carbons (Fsp3) is 0.235. The van der Waals surface area contributed by atoms with Gasteiger partial charge in [0.25, 0.3) is 5.91 Å². The molecule has 0 aliphatic carbocycles. The van der Waals surface area contributed by atoms with Crippen LogP contribution in [-0.2, 0) is 10.0 Å². The van der Waals surface area contributed by atoms with Gasteiger partial charge in [0.2, 0.25) is 10.0 Å². The molecular weight excluding hydrogens is 331 g/mol. The highest BCUT2D eigenvalue weighted by Gasteiger charge is 2.26. The number of anilines is 1. The van der Waals surface area contributed by atoms with Gasteiger partial charge in [-0.05, 0) is 30.3 Å². The van der Waals surface area contributed by atoms with Crippen molar-refractivity contribution in [2.45, 2.75) is 18.7 Å². The first-order valence-corrected chi connectivity index (χ1v) is 9.00. The summed E-state index contributed by atoms with van der Waals surface area (Å²) in [4.78, 5) is 11.8. The van der Waals surface area contributed by atoms with Crippen molar-refractivity contribution < 1.29 is 17.6 Å². The Hall–Kier alpha value is -2.25. The van der Waals surface area contributed by atoms with Crippen molar-refractivity contribution in [2.24, 2.45) is 0 Å². The van der Waals surface area contributed by atoms with E-state index in [0.29, 0.717) is 5.69 Å². The molecular formula is C17H19FN2O3S. The van der Waals surface area contributed by atoms with Gasteiger partial charge in [-0.3, -0.25) is 4.79 Å². The standard InChI is InChI=1S/C17H19FN2O3S/c1-3-20(4-2)24(22,23)16-12-13(10-11-15(16)18)17(21)19-14-8-6-5-7-9-14/h5-12H,3-4H2,1-2H3,(H,19,21). The zero-order valence-electron chi connectivity index (χ0n) is 13.5. The second-order valence-electron chi connectivity index (χ2n) is 5.05. The van der Waals surface area contributed by atoms with Crippen molar-refractivity contribution >= 4 is 21.6 Å². The van der Waals surface area contributed by atoms with Gasteiger partial charge in [0.1, 0.15) is 10.7 Å². The Labute approximate surface area is 141 Å². The van der Waals surface area contributed by atoms with Gasteiger partial charge in [-0.15, -0.1) is 0 Å². The van der Waals surface area contributed by atoms with E-state index in [0.717, 1.165) is 16.4 Å². The first kappa shape index (κ1) is 18.1. The van der Waals surface area contributed by atoms with E-state index in [2.05, 4.69) is 5.32 Å². The molecule has 1 N–H and O–H groups in total. The number of nitrogens with one attached hydrogen (secondary N) is 1. The van der Waals surface area contributed by atoms with Gasteiger partial charge in [0, 0.05) is 24.3 Å². The number of halogens is 1. The maximum atomic E-state index is 14.1. The van der Waals surface area contributed by atoms with Crippen LogP contribution in [0.15, 0.2) is 53.4 Å². The van der Waals surface area contributed by atoms with E-state index in [1.54, 1.807) is 38.1 Å². The third kappa shape index (κ3) is 3.80. The number of benzene rings is 2. The van der Waals surface area contributed by atoms with E-state index in [9.17, 15) is 17.6 Å². The molecule has 7 heteroatoms. The zero-order valence-corrected chi connectivity index (χ0v) is 14.3. The summed E-state index contributed by atoms with van der Waals surface area (Å²) in [6.45, 7) is 3.78. The lowest BCUT2D eigenvalue weighted by atomic mass is 10.2. The van der Waals surface area contributed by atoms with Crippen molar-refractivity contribution in [3.63, 3.8) is 0 Å². The van der Waals surface area contributed by atoms with Crippen LogP contribution in [0.5, 0.6) is 0 Å². The highest BCUT2D eigenvalue weighted by Crippen LogP contribution is 2.21. The predicted octanol–water partition coefficient (Wildman–Crippen LogP) is 3.11. The summed E-state index contributed by atoms with van der Waals surface area (Å²) in [7, 11) is -3.98. The summed E-state index contributed by atoms with van der Waals surface area (Å²) in [6, 6.07) is 12.1. The Morgan fingerprint density at radius 1 is 1.08 bits per heavy atom. The molecule has 1 amide bonds. The predicted molar refractivity (Wildman–Crippen MR) is 90.9 cm³/mol. The van der Waals surface area contributed by atoms with Crippen molar-refractivity contribution in [1.82, 2.24) is 4.31 Å². The van der Waals surface area contributed by atoms with Crippen LogP contribution >= 0.6 is 0 Å². The zero-order chi connectivity index (χ0) is 17.7. The SMILES string of the molecule is CCN(CC)S(=O)(=O)c1cc(C(=O)Nc2ccccc2)ccc1F. The minimum absolute atomic E-state index is 0.0750. The fourth-order valence-electron chi connectivity index (χ4n) is 2.27. The van der Waals surface area contributed by atoms with Crippen molar-refractivity contribution in [1.29, 1.82) is 0 Å². The van der Waals surface area contributed by atoms with E-state index in [1.165, 1.54) is 6.07 Å². The van der Waals surface area contributed by atoms with Crippen molar-refractivity contribution in [2.75, 3.05) is 18.4 Å². The number of carbonyl (C=O) groups is 1. The number of amides is 1. The third-order valence-corrected chi connectivity index (χ3v) is 5.61. The lowest BCUT2D eigenvalue weighted by molar-refractivity contribution is 0.102. The van der Waals surface area contributed by atoms with Gasteiger partial charge in [0.15, 0.2) is 0 Å². The maximum Gasteiger partial charge on any atom is 0.255 e. The Morgan fingerprint density at radius 2 is 1.71 bits per heavy atom. The molecule has 5 nitrogen and oxygen atoms in total. The van der Waals surface area contributed by atoms with Gasteiger partial charge in [-0.2, -0.15) is 4.31 Å². The summed E-state index contributed by atoms with van der Waals surface area (Å²) in [5.74, 6) is -1.38. The summed E-state index contributed by atoms with van der Waals surface area (Å²) < 4.78 is 40.2. The van der Waals surface area contributed by atoms with E-state index in [4.69, 9.17) is 0 Å². The van der Waals surface area contributed by atoms with Crippen LogP contribution in [0.4, 0.5) is 10.1 Å². The molecule has 0 bridgehead atoms. The van der Waals surface area contributed by atoms with Crippen LogP contribution in [0.3, 0.4) is 0 Å². The minimum Gasteiger partial charge on any atom is -0.322 e. The van der Waals surface area contributed by atoms with Gasteiger partial charge in [-0.1, -0.05) is 32.0 Å². The van der Waals surface area contributed by atoms with Crippen LogP contribution in [0.25, 0.3) is 0 Å². The van der Waals surface area contributed by atoms with Crippen LogP contribution < -0.4 is 5.32 Å². The van der Waals surface area contributed by atoms with E-state index in [1.807, 2.05) is 6.07 Å². The van der Waals surface area contributed by atoms with Crippen LogP contribution in [0.1, 0.15) is 24.2 Å². The molecule has 2 aromatic rings. The number of nitrogens with zero attached hydrogens (tertiary/aromatic N) is 1. The Balaban J connectivity index is 2.36. The Bertz CT molecular complexity index is 819. The molecule has 0 aromatic heterocycles. The minimum atomic E-state index is -3.98. The first-order chi connectivity index (χ1) is 11.4.